The maximum Gasteiger partial charge on any atom is 0.308 e. The molecule has 1 fully saturated rings. The molecule has 0 aromatic heterocycles. The molecule has 2 N–H and O–H groups in total. The molecule has 1 aromatic carbocycles. The molecule has 25 heavy (non-hydrogen) atoms. The van der Waals surface area contributed by atoms with Crippen molar-refractivity contribution in [1.82, 2.24) is 5.32 Å². The molecule has 1 aliphatic heterocycles. The van der Waals surface area contributed by atoms with Crippen LogP contribution in [-0.4, -0.2) is 50.1 Å². The van der Waals surface area contributed by atoms with E-state index in [4.69, 9.17) is 4.74 Å². The van der Waals surface area contributed by atoms with Crippen LogP contribution in [0.15, 0.2) is 24.3 Å². The summed E-state index contributed by atoms with van der Waals surface area (Å²) < 4.78 is 29.2. The zero-order valence-electron chi connectivity index (χ0n) is 14.1. The summed E-state index contributed by atoms with van der Waals surface area (Å²) in [5, 5.41) is 10.9. The molecular weight excluding hydrogens is 346 g/mol. The van der Waals surface area contributed by atoms with E-state index >= 15 is 0 Å². The standard InChI is InChI=1S/C17H23NO6S/c1-24-14-7-3-2-6-12(14)10-13(17(20)21)11-18-16(19)15-8-4-5-9-25(15,22)23/h2-3,6-7,13,15H,4-5,8-11H2,1H3,(H,18,19)(H,20,21). The van der Waals surface area contributed by atoms with Gasteiger partial charge in [0.05, 0.1) is 18.8 Å². The number of rotatable bonds is 7. The van der Waals surface area contributed by atoms with Gasteiger partial charge >= 0.3 is 5.97 Å². The quantitative estimate of drug-likeness (QED) is 0.743. The van der Waals surface area contributed by atoms with Crippen LogP contribution in [0.2, 0.25) is 0 Å². The Morgan fingerprint density at radius 3 is 2.68 bits per heavy atom. The highest BCUT2D eigenvalue weighted by molar-refractivity contribution is 7.92. The summed E-state index contributed by atoms with van der Waals surface area (Å²) in [6.07, 6.45) is 1.72. The van der Waals surface area contributed by atoms with E-state index < -0.39 is 32.9 Å². The van der Waals surface area contributed by atoms with Crippen molar-refractivity contribution in [1.29, 1.82) is 0 Å². The summed E-state index contributed by atoms with van der Waals surface area (Å²) in [5.41, 5.74) is 0.719. The highest BCUT2D eigenvalue weighted by Gasteiger charge is 2.35. The number of carbonyl (C=O) groups excluding carboxylic acids is 1. The Bertz CT molecular complexity index is 730. The van der Waals surface area contributed by atoms with Gasteiger partial charge in [0.25, 0.3) is 0 Å². The van der Waals surface area contributed by atoms with E-state index in [1.54, 1.807) is 24.3 Å². The lowest BCUT2D eigenvalue weighted by atomic mass is 9.98. The van der Waals surface area contributed by atoms with E-state index in [2.05, 4.69) is 5.32 Å². The maximum absolute atomic E-state index is 12.2. The molecule has 0 saturated carbocycles. The van der Waals surface area contributed by atoms with Crippen molar-refractivity contribution in [2.45, 2.75) is 30.9 Å². The van der Waals surface area contributed by atoms with Crippen LogP contribution in [0, 0.1) is 5.92 Å². The van der Waals surface area contributed by atoms with Crippen molar-refractivity contribution in [3.8, 4) is 5.75 Å². The van der Waals surface area contributed by atoms with Gasteiger partial charge in [0.2, 0.25) is 5.91 Å². The average molecular weight is 369 g/mol. The summed E-state index contributed by atoms with van der Waals surface area (Å²) >= 11 is 0. The van der Waals surface area contributed by atoms with Crippen molar-refractivity contribution < 1.29 is 27.9 Å². The fourth-order valence-corrected chi connectivity index (χ4v) is 4.80. The molecule has 2 unspecified atom stereocenters. The fourth-order valence-electron chi connectivity index (χ4n) is 2.97. The number of sulfone groups is 1. The normalized spacial score (nSPS) is 20.4. The third-order valence-corrected chi connectivity index (χ3v) is 6.58. The van der Waals surface area contributed by atoms with Gasteiger partial charge in [-0.3, -0.25) is 9.59 Å². The van der Waals surface area contributed by atoms with Gasteiger partial charge in [-0.15, -0.1) is 0 Å². The van der Waals surface area contributed by atoms with Crippen LogP contribution < -0.4 is 10.1 Å². The number of amides is 1. The molecule has 0 bridgehead atoms. The highest BCUT2D eigenvalue weighted by Crippen LogP contribution is 2.22. The number of aliphatic carboxylic acids is 1. The minimum atomic E-state index is -3.44. The Labute approximate surface area is 147 Å². The van der Waals surface area contributed by atoms with Crippen molar-refractivity contribution in [2.24, 2.45) is 5.92 Å². The van der Waals surface area contributed by atoms with Crippen molar-refractivity contribution in [2.75, 3.05) is 19.4 Å². The molecular formula is C17H23NO6S. The minimum absolute atomic E-state index is 0.00859. The number of benzene rings is 1. The second-order valence-electron chi connectivity index (χ2n) is 6.15. The molecule has 1 aliphatic rings. The molecule has 0 spiro atoms. The summed E-state index contributed by atoms with van der Waals surface area (Å²) in [6.45, 7) is -0.127. The highest BCUT2D eigenvalue weighted by atomic mass is 32.2. The van der Waals surface area contributed by atoms with Crippen LogP contribution in [-0.2, 0) is 25.8 Å². The largest absolute Gasteiger partial charge is 0.496 e. The summed E-state index contributed by atoms with van der Waals surface area (Å²) in [6, 6.07) is 7.07. The first-order chi connectivity index (χ1) is 11.8. The molecule has 1 aromatic rings. The van der Waals surface area contributed by atoms with Gasteiger partial charge in [-0.25, -0.2) is 8.42 Å². The lowest BCUT2D eigenvalue weighted by molar-refractivity contribution is -0.141. The summed E-state index contributed by atoms with van der Waals surface area (Å²) in [7, 11) is -1.94. The first kappa shape index (κ1) is 19.2. The number of ether oxygens (including phenoxy) is 1. The Morgan fingerprint density at radius 2 is 2.04 bits per heavy atom. The van der Waals surface area contributed by atoms with Crippen LogP contribution in [0.4, 0.5) is 0 Å². The Morgan fingerprint density at radius 1 is 1.32 bits per heavy atom. The Hall–Kier alpha value is -2.09. The predicted molar refractivity (Wildman–Crippen MR) is 92.3 cm³/mol. The van der Waals surface area contributed by atoms with Gasteiger partial charge in [-0.2, -0.15) is 0 Å². The van der Waals surface area contributed by atoms with Crippen molar-refractivity contribution in [3.05, 3.63) is 29.8 Å². The number of carboxylic acids is 1. The Balaban J connectivity index is 2.02. The van der Waals surface area contributed by atoms with E-state index in [-0.39, 0.29) is 18.7 Å². The van der Waals surface area contributed by atoms with Crippen LogP contribution in [0.5, 0.6) is 5.75 Å². The number of hydrogen-bond acceptors (Lipinski definition) is 5. The average Bonchev–Trinajstić information content (AvgIpc) is 2.58. The molecule has 7 nitrogen and oxygen atoms in total. The summed E-state index contributed by atoms with van der Waals surface area (Å²) in [5.74, 6) is -1.94. The lowest BCUT2D eigenvalue weighted by Crippen LogP contribution is -2.45. The van der Waals surface area contributed by atoms with Gasteiger partial charge in [0.1, 0.15) is 11.0 Å². The molecule has 2 atom stereocenters. The predicted octanol–water partition coefficient (Wildman–Crippen LogP) is 1.02. The van der Waals surface area contributed by atoms with Crippen molar-refractivity contribution in [3.63, 3.8) is 0 Å². The Kier molecular flexibility index (Phi) is 6.41. The van der Waals surface area contributed by atoms with E-state index in [0.29, 0.717) is 25.0 Å². The van der Waals surface area contributed by atoms with Crippen LogP contribution in [0.1, 0.15) is 24.8 Å². The zero-order chi connectivity index (χ0) is 18.4. The first-order valence-electron chi connectivity index (χ1n) is 8.19. The van der Waals surface area contributed by atoms with Gasteiger partial charge in [0.15, 0.2) is 9.84 Å². The molecule has 1 amide bonds. The van der Waals surface area contributed by atoms with E-state index in [9.17, 15) is 23.1 Å². The van der Waals surface area contributed by atoms with Crippen LogP contribution in [0.3, 0.4) is 0 Å². The minimum Gasteiger partial charge on any atom is -0.496 e. The number of hydrogen-bond donors (Lipinski definition) is 2. The maximum atomic E-state index is 12.2. The molecule has 2 rings (SSSR count). The number of carboxylic acid groups (broad SMARTS) is 1. The van der Waals surface area contributed by atoms with Gasteiger partial charge < -0.3 is 15.2 Å². The molecule has 1 heterocycles. The van der Waals surface area contributed by atoms with Crippen molar-refractivity contribution >= 4 is 21.7 Å². The zero-order valence-corrected chi connectivity index (χ0v) is 14.9. The molecule has 1 saturated heterocycles. The molecule has 8 heteroatoms. The third-order valence-electron chi connectivity index (χ3n) is 4.40. The summed E-state index contributed by atoms with van der Waals surface area (Å²) in [4.78, 5) is 23.7. The smallest absolute Gasteiger partial charge is 0.308 e. The number of methoxy groups -OCH3 is 1. The third kappa shape index (κ3) is 4.94. The number of nitrogens with one attached hydrogen (secondary N) is 1. The van der Waals surface area contributed by atoms with E-state index in [1.807, 2.05) is 0 Å². The SMILES string of the molecule is COc1ccccc1CC(CNC(=O)C1CCCCS1(=O)=O)C(=O)O. The van der Waals surface area contributed by atoms with Crippen LogP contribution in [0.25, 0.3) is 0 Å². The second-order valence-corrected chi connectivity index (χ2v) is 8.45. The van der Waals surface area contributed by atoms with E-state index in [0.717, 1.165) is 5.56 Å². The topological polar surface area (TPSA) is 110 Å². The monoisotopic (exact) mass is 369 g/mol. The van der Waals surface area contributed by atoms with E-state index in [1.165, 1.54) is 7.11 Å². The van der Waals surface area contributed by atoms with Gasteiger partial charge in [-0.05, 0) is 30.9 Å². The first-order valence-corrected chi connectivity index (χ1v) is 9.90. The van der Waals surface area contributed by atoms with Gasteiger partial charge in [-0.1, -0.05) is 24.6 Å². The lowest BCUT2D eigenvalue weighted by Gasteiger charge is -2.22. The van der Waals surface area contributed by atoms with Crippen LogP contribution >= 0.6 is 0 Å². The number of carbonyl (C=O) groups is 2. The molecule has 138 valence electrons. The van der Waals surface area contributed by atoms with Gasteiger partial charge in [0, 0.05) is 6.54 Å². The fraction of sp³-hybridized carbons (Fsp3) is 0.529. The second kappa shape index (κ2) is 8.33. The number of para-hydroxylation sites is 1. The molecule has 0 radical (unpaired) electrons. The molecule has 0 aliphatic carbocycles.